The lowest BCUT2D eigenvalue weighted by Crippen LogP contribution is -2.50. The third-order valence-corrected chi connectivity index (χ3v) is 4.31. The van der Waals surface area contributed by atoms with Crippen molar-refractivity contribution >= 4 is 11.6 Å². The van der Waals surface area contributed by atoms with Gasteiger partial charge in [0.25, 0.3) is 0 Å². The SMILES string of the molecule is CC.CCC(=O)N1CCN(c2ccccc2)CC1c1ccccc1. The van der Waals surface area contributed by atoms with Crippen molar-refractivity contribution in [2.24, 2.45) is 0 Å². The molecule has 128 valence electrons. The van der Waals surface area contributed by atoms with E-state index in [9.17, 15) is 4.79 Å². The third kappa shape index (κ3) is 4.16. The molecule has 0 bridgehead atoms. The fourth-order valence-electron chi connectivity index (χ4n) is 3.12. The first-order chi connectivity index (χ1) is 11.8. The Kier molecular flexibility index (Phi) is 6.86. The van der Waals surface area contributed by atoms with Crippen LogP contribution in [-0.4, -0.2) is 30.4 Å². The van der Waals surface area contributed by atoms with Crippen LogP contribution in [0, 0.1) is 0 Å². The molecule has 1 saturated heterocycles. The van der Waals surface area contributed by atoms with Crippen LogP contribution in [0.25, 0.3) is 0 Å². The van der Waals surface area contributed by atoms with E-state index in [4.69, 9.17) is 0 Å². The second-order valence-electron chi connectivity index (χ2n) is 5.65. The van der Waals surface area contributed by atoms with Crippen LogP contribution in [0.2, 0.25) is 0 Å². The lowest BCUT2D eigenvalue weighted by atomic mass is 10.0. The highest BCUT2D eigenvalue weighted by Gasteiger charge is 2.30. The Hall–Kier alpha value is -2.29. The summed E-state index contributed by atoms with van der Waals surface area (Å²) in [7, 11) is 0. The maximum absolute atomic E-state index is 12.3. The summed E-state index contributed by atoms with van der Waals surface area (Å²) in [4.78, 5) is 16.7. The molecule has 2 aromatic rings. The van der Waals surface area contributed by atoms with Crippen LogP contribution in [0.5, 0.6) is 0 Å². The molecule has 0 aromatic heterocycles. The Morgan fingerprint density at radius 3 is 2.12 bits per heavy atom. The van der Waals surface area contributed by atoms with Crippen LogP contribution in [0.15, 0.2) is 60.7 Å². The highest BCUT2D eigenvalue weighted by molar-refractivity contribution is 5.77. The van der Waals surface area contributed by atoms with E-state index in [1.54, 1.807) is 0 Å². The summed E-state index contributed by atoms with van der Waals surface area (Å²) in [5.74, 6) is 0.238. The van der Waals surface area contributed by atoms with E-state index in [0.717, 1.165) is 19.6 Å². The Morgan fingerprint density at radius 1 is 0.958 bits per heavy atom. The summed E-state index contributed by atoms with van der Waals surface area (Å²) in [5, 5.41) is 0. The van der Waals surface area contributed by atoms with Crippen molar-refractivity contribution in [1.82, 2.24) is 4.90 Å². The molecule has 0 aliphatic carbocycles. The minimum absolute atomic E-state index is 0.127. The standard InChI is InChI=1S/C19H22N2O.C2H6/c1-2-19(22)21-14-13-20(17-11-7-4-8-12-17)15-18(21)16-9-5-3-6-10-16;1-2/h3-12,18H,2,13-15H2,1H3;1-2H3. The van der Waals surface area contributed by atoms with Gasteiger partial charge >= 0.3 is 0 Å². The molecule has 1 aliphatic rings. The summed E-state index contributed by atoms with van der Waals surface area (Å²) in [6, 6.07) is 20.9. The number of amides is 1. The summed E-state index contributed by atoms with van der Waals surface area (Å²) >= 11 is 0. The zero-order valence-corrected chi connectivity index (χ0v) is 15.0. The lowest BCUT2D eigenvalue weighted by molar-refractivity contribution is -0.133. The minimum Gasteiger partial charge on any atom is -0.367 e. The Balaban J connectivity index is 0.00000100. The highest BCUT2D eigenvalue weighted by Crippen LogP contribution is 2.28. The second kappa shape index (κ2) is 9.11. The molecule has 2 aromatic carbocycles. The fraction of sp³-hybridized carbons (Fsp3) is 0.381. The summed E-state index contributed by atoms with van der Waals surface area (Å²) < 4.78 is 0. The van der Waals surface area contributed by atoms with Gasteiger partial charge in [-0.25, -0.2) is 0 Å². The molecule has 0 spiro atoms. The molecular weight excluding hydrogens is 296 g/mol. The number of piperazine rings is 1. The number of benzene rings is 2. The number of carbonyl (C=O) groups excluding carboxylic acids is 1. The molecule has 0 radical (unpaired) electrons. The largest absolute Gasteiger partial charge is 0.367 e. The van der Waals surface area contributed by atoms with Crippen molar-refractivity contribution in [3.8, 4) is 0 Å². The quantitative estimate of drug-likeness (QED) is 0.829. The van der Waals surface area contributed by atoms with Crippen molar-refractivity contribution < 1.29 is 4.79 Å². The van der Waals surface area contributed by atoms with Gasteiger partial charge in [0.05, 0.1) is 6.04 Å². The Labute approximate surface area is 145 Å². The third-order valence-electron chi connectivity index (χ3n) is 4.31. The molecule has 1 unspecified atom stereocenters. The molecule has 1 heterocycles. The lowest BCUT2D eigenvalue weighted by Gasteiger charge is -2.42. The molecule has 0 saturated carbocycles. The van der Waals surface area contributed by atoms with Gasteiger partial charge in [0.15, 0.2) is 0 Å². The molecule has 0 N–H and O–H groups in total. The van der Waals surface area contributed by atoms with Crippen LogP contribution < -0.4 is 4.90 Å². The van der Waals surface area contributed by atoms with Crippen LogP contribution in [0.4, 0.5) is 5.69 Å². The van der Waals surface area contributed by atoms with Gasteiger partial charge in [-0.1, -0.05) is 69.3 Å². The average molecular weight is 324 g/mol. The first-order valence-corrected chi connectivity index (χ1v) is 8.94. The van der Waals surface area contributed by atoms with Crippen LogP contribution in [-0.2, 0) is 4.79 Å². The van der Waals surface area contributed by atoms with E-state index in [2.05, 4.69) is 41.3 Å². The predicted molar refractivity (Wildman–Crippen MR) is 101 cm³/mol. The fourth-order valence-corrected chi connectivity index (χ4v) is 3.12. The topological polar surface area (TPSA) is 23.6 Å². The van der Waals surface area contributed by atoms with Crippen molar-refractivity contribution in [1.29, 1.82) is 0 Å². The van der Waals surface area contributed by atoms with Gasteiger partial charge in [-0.3, -0.25) is 4.79 Å². The predicted octanol–water partition coefficient (Wildman–Crippen LogP) is 4.51. The van der Waals surface area contributed by atoms with E-state index >= 15 is 0 Å². The summed E-state index contributed by atoms with van der Waals surface area (Å²) in [5.41, 5.74) is 2.44. The molecule has 1 aliphatic heterocycles. The normalized spacial score (nSPS) is 17.0. The zero-order chi connectivity index (χ0) is 17.4. The van der Waals surface area contributed by atoms with E-state index in [1.807, 2.05) is 49.9 Å². The van der Waals surface area contributed by atoms with Crippen LogP contribution in [0.3, 0.4) is 0 Å². The highest BCUT2D eigenvalue weighted by atomic mass is 16.2. The van der Waals surface area contributed by atoms with Crippen molar-refractivity contribution in [3.05, 3.63) is 66.2 Å². The molecule has 1 atom stereocenters. The first kappa shape index (κ1) is 18.1. The van der Waals surface area contributed by atoms with Gasteiger partial charge < -0.3 is 9.80 Å². The van der Waals surface area contributed by atoms with Crippen LogP contribution in [0.1, 0.15) is 38.8 Å². The van der Waals surface area contributed by atoms with Gasteiger partial charge in [-0.15, -0.1) is 0 Å². The molecule has 3 rings (SSSR count). The number of carbonyl (C=O) groups is 1. The molecule has 1 fully saturated rings. The number of hydrogen-bond acceptors (Lipinski definition) is 2. The van der Waals surface area contributed by atoms with Crippen molar-refractivity contribution in [2.75, 3.05) is 24.5 Å². The average Bonchev–Trinajstić information content (AvgIpc) is 2.70. The monoisotopic (exact) mass is 324 g/mol. The van der Waals surface area contributed by atoms with Gasteiger partial charge in [0.1, 0.15) is 0 Å². The summed E-state index contributed by atoms with van der Waals surface area (Å²) in [6.07, 6.45) is 0.564. The van der Waals surface area contributed by atoms with E-state index in [0.29, 0.717) is 6.42 Å². The van der Waals surface area contributed by atoms with Gasteiger partial charge in [-0.2, -0.15) is 0 Å². The zero-order valence-electron chi connectivity index (χ0n) is 15.0. The Morgan fingerprint density at radius 2 is 1.54 bits per heavy atom. The molecule has 3 heteroatoms. The Bertz CT molecular complexity index is 612. The van der Waals surface area contributed by atoms with Crippen molar-refractivity contribution in [2.45, 2.75) is 33.2 Å². The molecule has 1 amide bonds. The smallest absolute Gasteiger partial charge is 0.222 e. The van der Waals surface area contributed by atoms with E-state index in [1.165, 1.54) is 11.3 Å². The molecular formula is C21H28N2O. The summed E-state index contributed by atoms with van der Waals surface area (Å²) in [6.45, 7) is 8.45. The number of anilines is 1. The van der Waals surface area contributed by atoms with E-state index in [-0.39, 0.29) is 11.9 Å². The van der Waals surface area contributed by atoms with Crippen molar-refractivity contribution in [3.63, 3.8) is 0 Å². The first-order valence-electron chi connectivity index (χ1n) is 8.94. The second-order valence-corrected chi connectivity index (χ2v) is 5.65. The van der Waals surface area contributed by atoms with Crippen LogP contribution >= 0.6 is 0 Å². The maximum atomic E-state index is 12.3. The maximum Gasteiger partial charge on any atom is 0.222 e. The van der Waals surface area contributed by atoms with E-state index < -0.39 is 0 Å². The molecule has 3 nitrogen and oxygen atoms in total. The number of para-hydroxylation sites is 1. The van der Waals surface area contributed by atoms with Gasteiger partial charge in [-0.05, 0) is 17.7 Å². The van der Waals surface area contributed by atoms with Gasteiger partial charge in [0, 0.05) is 31.7 Å². The number of rotatable bonds is 3. The number of nitrogens with zero attached hydrogens (tertiary/aromatic N) is 2. The minimum atomic E-state index is 0.127. The molecule has 24 heavy (non-hydrogen) atoms. The van der Waals surface area contributed by atoms with Gasteiger partial charge in [0.2, 0.25) is 5.91 Å². The number of hydrogen-bond donors (Lipinski definition) is 0.